The van der Waals surface area contributed by atoms with Gasteiger partial charge in [-0.1, -0.05) is 12.1 Å². The van der Waals surface area contributed by atoms with E-state index in [1.165, 1.54) is 28.8 Å². The van der Waals surface area contributed by atoms with Crippen molar-refractivity contribution < 1.29 is 9.13 Å². The van der Waals surface area contributed by atoms with Crippen molar-refractivity contribution in [2.75, 3.05) is 14.2 Å². The molecule has 0 saturated heterocycles. The first-order chi connectivity index (χ1) is 9.74. The van der Waals surface area contributed by atoms with E-state index in [1.807, 2.05) is 19.2 Å². The van der Waals surface area contributed by atoms with Crippen LogP contribution in [0.1, 0.15) is 33.3 Å². The topological polar surface area (TPSA) is 21.3 Å². The number of benzene rings is 1. The Bertz CT molecular complexity index is 601. The SMILES string of the molecule is CNC(c1cc2c(s1)CCC2)c1cccc(OC)c1F. The number of nitrogens with one attached hydrogen (secondary N) is 1. The van der Waals surface area contributed by atoms with Crippen LogP contribution in [0.15, 0.2) is 24.3 Å². The van der Waals surface area contributed by atoms with Crippen LogP contribution in [0.25, 0.3) is 0 Å². The van der Waals surface area contributed by atoms with Crippen molar-refractivity contribution >= 4 is 11.3 Å². The van der Waals surface area contributed by atoms with Crippen molar-refractivity contribution in [1.29, 1.82) is 0 Å². The van der Waals surface area contributed by atoms with Gasteiger partial charge in [-0.25, -0.2) is 4.39 Å². The van der Waals surface area contributed by atoms with Crippen LogP contribution in [0.2, 0.25) is 0 Å². The summed E-state index contributed by atoms with van der Waals surface area (Å²) in [5, 5.41) is 3.23. The van der Waals surface area contributed by atoms with Crippen LogP contribution in [-0.4, -0.2) is 14.2 Å². The Morgan fingerprint density at radius 2 is 2.20 bits per heavy atom. The average molecular weight is 291 g/mol. The van der Waals surface area contributed by atoms with E-state index in [2.05, 4.69) is 11.4 Å². The summed E-state index contributed by atoms with van der Waals surface area (Å²) in [4.78, 5) is 2.65. The van der Waals surface area contributed by atoms with Gasteiger partial charge in [-0.15, -0.1) is 11.3 Å². The van der Waals surface area contributed by atoms with Crippen LogP contribution in [0.5, 0.6) is 5.75 Å². The van der Waals surface area contributed by atoms with Gasteiger partial charge in [0.05, 0.1) is 13.2 Å². The fourth-order valence-corrected chi connectivity index (χ4v) is 4.24. The average Bonchev–Trinajstić information content (AvgIpc) is 3.03. The molecule has 0 saturated carbocycles. The Kier molecular flexibility index (Phi) is 3.76. The Morgan fingerprint density at radius 1 is 1.35 bits per heavy atom. The molecule has 4 heteroatoms. The van der Waals surface area contributed by atoms with Crippen LogP contribution >= 0.6 is 11.3 Å². The predicted molar refractivity (Wildman–Crippen MR) is 80.2 cm³/mol. The molecule has 0 spiro atoms. The first-order valence-corrected chi connectivity index (χ1v) is 7.67. The lowest BCUT2D eigenvalue weighted by molar-refractivity contribution is 0.382. The van der Waals surface area contributed by atoms with Crippen molar-refractivity contribution in [3.8, 4) is 5.75 Å². The molecule has 106 valence electrons. The zero-order valence-electron chi connectivity index (χ0n) is 11.7. The van der Waals surface area contributed by atoms with E-state index in [9.17, 15) is 4.39 Å². The van der Waals surface area contributed by atoms with Crippen LogP contribution in [-0.2, 0) is 12.8 Å². The zero-order chi connectivity index (χ0) is 14.1. The summed E-state index contributed by atoms with van der Waals surface area (Å²) in [5.74, 6) is 0.0229. The maximum absolute atomic E-state index is 14.4. The highest BCUT2D eigenvalue weighted by Gasteiger charge is 2.23. The quantitative estimate of drug-likeness (QED) is 0.927. The molecule has 0 aliphatic heterocycles. The maximum Gasteiger partial charge on any atom is 0.170 e. The van der Waals surface area contributed by atoms with E-state index in [1.54, 1.807) is 17.4 Å². The van der Waals surface area contributed by atoms with Crippen LogP contribution in [0.3, 0.4) is 0 Å². The minimum atomic E-state index is -0.275. The van der Waals surface area contributed by atoms with Gasteiger partial charge >= 0.3 is 0 Å². The number of halogens is 1. The summed E-state index contributed by atoms with van der Waals surface area (Å²) >= 11 is 1.80. The molecule has 1 atom stereocenters. The van der Waals surface area contributed by atoms with Crippen molar-refractivity contribution in [3.05, 3.63) is 51.0 Å². The van der Waals surface area contributed by atoms with Crippen LogP contribution < -0.4 is 10.1 Å². The third-order valence-corrected chi connectivity index (χ3v) is 5.16. The molecule has 2 nitrogen and oxygen atoms in total. The lowest BCUT2D eigenvalue weighted by Crippen LogP contribution is -2.18. The molecule has 1 aliphatic carbocycles. The zero-order valence-corrected chi connectivity index (χ0v) is 12.5. The lowest BCUT2D eigenvalue weighted by atomic mass is 10.0. The van der Waals surface area contributed by atoms with Gasteiger partial charge in [-0.2, -0.15) is 0 Å². The number of hydrogen-bond donors (Lipinski definition) is 1. The minimum Gasteiger partial charge on any atom is -0.494 e. The summed E-state index contributed by atoms with van der Waals surface area (Å²) in [6.45, 7) is 0. The third-order valence-electron chi connectivity index (χ3n) is 3.86. The molecule has 0 radical (unpaired) electrons. The summed E-state index contributed by atoms with van der Waals surface area (Å²) < 4.78 is 19.5. The standard InChI is InChI=1S/C16H18FNOS/c1-18-16(11-6-4-7-12(19-2)15(11)17)14-9-10-5-3-8-13(10)20-14/h4,6-7,9,16,18H,3,5,8H2,1-2H3. The van der Waals surface area contributed by atoms with Crippen molar-refractivity contribution in [1.82, 2.24) is 5.32 Å². The van der Waals surface area contributed by atoms with Crippen molar-refractivity contribution in [3.63, 3.8) is 0 Å². The molecule has 1 heterocycles. The molecule has 2 aromatic rings. The minimum absolute atomic E-state index is 0.110. The number of ether oxygens (including phenoxy) is 1. The Labute approximate surface area is 122 Å². The number of thiophene rings is 1. The second-order valence-electron chi connectivity index (χ2n) is 5.04. The number of aryl methyl sites for hydroxylation is 2. The Hall–Kier alpha value is -1.39. The van der Waals surface area contributed by atoms with Gasteiger partial charge in [0.2, 0.25) is 0 Å². The van der Waals surface area contributed by atoms with Crippen molar-refractivity contribution in [2.45, 2.75) is 25.3 Å². The molecule has 1 N–H and O–H groups in total. The lowest BCUT2D eigenvalue weighted by Gasteiger charge is -2.17. The van der Waals surface area contributed by atoms with E-state index >= 15 is 0 Å². The smallest absolute Gasteiger partial charge is 0.170 e. The molecular formula is C16H18FNOS. The summed E-state index contributed by atoms with van der Waals surface area (Å²) in [6.07, 6.45) is 3.57. The highest BCUT2D eigenvalue weighted by molar-refractivity contribution is 7.12. The molecule has 1 aromatic heterocycles. The van der Waals surface area contributed by atoms with Gasteiger partial charge in [-0.3, -0.25) is 0 Å². The van der Waals surface area contributed by atoms with Gasteiger partial charge in [0.15, 0.2) is 11.6 Å². The summed E-state index contributed by atoms with van der Waals surface area (Å²) in [6, 6.07) is 7.43. The molecule has 3 rings (SSSR count). The molecule has 1 aliphatic rings. The second-order valence-corrected chi connectivity index (χ2v) is 6.20. The molecule has 0 amide bonds. The number of methoxy groups -OCH3 is 1. The maximum atomic E-state index is 14.4. The van der Waals surface area contributed by atoms with E-state index in [0.29, 0.717) is 11.3 Å². The number of rotatable bonds is 4. The first kappa shape index (κ1) is 13.6. The monoisotopic (exact) mass is 291 g/mol. The molecular weight excluding hydrogens is 273 g/mol. The summed E-state index contributed by atoms with van der Waals surface area (Å²) in [7, 11) is 3.37. The van der Waals surface area contributed by atoms with Gasteiger partial charge in [0.25, 0.3) is 0 Å². The largest absolute Gasteiger partial charge is 0.494 e. The van der Waals surface area contributed by atoms with E-state index in [4.69, 9.17) is 4.74 Å². The highest BCUT2D eigenvalue weighted by atomic mass is 32.1. The van der Waals surface area contributed by atoms with E-state index in [-0.39, 0.29) is 11.9 Å². The third kappa shape index (κ3) is 2.23. The highest BCUT2D eigenvalue weighted by Crippen LogP contribution is 2.37. The Morgan fingerprint density at radius 3 is 2.90 bits per heavy atom. The molecule has 1 aromatic carbocycles. The van der Waals surface area contributed by atoms with Gasteiger partial charge < -0.3 is 10.1 Å². The molecule has 0 fully saturated rings. The Balaban J connectivity index is 2.01. The number of hydrogen-bond acceptors (Lipinski definition) is 3. The van der Waals surface area contributed by atoms with E-state index < -0.39 is 0 Å². The second kappa shape index (κ2) is 5.54. The van der Waals surface area contributed by atoms with Gasteiger partial charge in [0.1, 0.15) is 0 Å². The molecule has 0 bridgehead atoms. The number of fused-ring (bicyclic) bond motifs is 1. The van der Waals surface area contributed by atoms with Crippen LogP contribution in [0.4, 0.5) is 4.39 Å². The summed E-state index contributed by atoms with van der Waals surface area (Å²) in [5.41, 5.74) is 2.08. The predicted octanol–water partition coefficient (Wildman–Crippen LogP) is 3.69. The van der Waals surface area contributed by atoms with Crippen molar-refractivity contribution in [2.24, 2.45) is 0 Å². The van der Waals surface area contributed by atoms with Gasteiger partial charge in [-0.05, 0) is 44.0 Å². The fourth-order valence-electron chi connectivity index (χ4n) is 2.85. The van der Waals surface area contributed by atoms with E-state index in [0.717, 1.165) is 12.8 Å². The molecule has 20 heavy (non-hydrogen) atoms. The van der Waals surface area contributed by atoms with Crippen LogP contribution in [0, 0.1) is 5.82 Å². The first-order valence-electron chi connectivity index (χ1n) is 6.85. The normalized spacial score (nSPS) is 15.2. The molecule has 1 unspecified atom stereocenters. The fraction of sp³-hybridized carbons (Fsp3) is 0.375. The van der Waals surface area contributed by atoms with Gasteiger partial charge in [0, 0.05) is 15.3 Å².